The number of hydrogen-bond donors (Lipinski definition) is 2. The van der Waals surface area contributed by atoms with Crippen LogP contribution in [0.4, 0.5) is 0 Å². The Labute approximate surface area is 169 Å². The number of unbranched alkanes of at least 4 members (excludes halogenated alkanes) is 1. The second kappa shape index (κ2) is 7.48. The van der Waals surface area contributed by atoms with Crippen LogP contribution in [0.25, 0.3) is 33.2 Å². The highest BCUT2D eigenvalue weighted by Crippen LogP contribution is 2.30. The van der Waals surface area contributed by atoms with Gasteiger partial charge in [-0.15, -0.1) is 0 Å². The number of hydrogen-bond acceptors (Lipinski definition) is 3. The van der Waals surface area contributed by atoms with Crippen LogP contribution in [0, 0.1) is 0 Å². The fourth-order valence-electron chi connectivity index (χ4n) is 4.55. The molecule has 2 heterocycles. The van der Waals surface area contributed by atoms with Crippen molar-refractivity contribution in [2.45, 2.75) is 45.1 Å². The van der Waals surface area contributed by atoms with E-state index in [0.717, 1.165) is 59.7 Å². The minimum absolute atomic E-state index is 0.127. The molecule has 0 fully saturated rings. The lowest BCUT2D eigenvalue weighted by Crippen LogP contribution is -2.12. The van der Waals surface area contributed by atoms with Gasteiger partial charge < -0.3 is 15.3 Å². The quantitative estimate of drug-likeness (QED) is 0.506. The van der Waals surface area contributed by atoms with Crippen LogP contribution < -0.4 is 11.3 Å². The molecule has 0 radical (unpaired) electrons. The smallest absolute Gasteiger partial charge is 0.275 e. The van der Waals surface area contributed by atoms with Crippen LogP contribution in [-0.4, -0.2) is 21.1 Å². The molecular weight excluding hydrogens is 360 g/mol. The van der Waals surface area contributed by atoms with Gasteiger partial charge in [0.1, 0.15) is 5.69 Å². The first-order valence-electron chi connectivity index (χ1n) is 10.6. The fraction of sp³-hybridized carbons (Fsp3) is 0.333. The molecule has 5 heteroatoms. The van der Waals surface area contributed by atoms with Crippen molar-refractivity contribution in [1.82, 2.24) is 14.5 Å². The van der Waals surface area contributed by atoms with Gasteiger partial charge in [-0.25, -0.2) is 4.98 Å². The first kappa shape index (κ1) is 18.1. The summed E-state index contributed by atoms with van der Waals surface area (Å²) in [6, 6.07) is 12.5. The summed E-state index contributed by atoms with van der Waals surface area (Å²) >= 11 is 0. The molecule has 5 rings (SSSR count). The average molecular weight is 386 g/mol. The zero-order valence-corrected chi connectivity index (χ0v) is 16.6. The number of H-pyrrole nitrogens is 1. The van der Waals surface area contributed by atoms with Crippen molar-refractivity contribution < 1.29 is 0 Å². The van der Waals surface area contributed by atoms with E-state index in [1.54, 1.807) is 0 Å². The standard InChI is InChI=1S/C24H26N4O/c25-11-5-6-12-28-15-19(18-9-3-4-10-22(18)28)23-24(29)27-21-14-17-8-2-1-7-16(17)13-20(21)26-23/h3-4,9-10,13-15H,1-2,5-8,11-12,25H2,(H,27,29). The molecule has 0 unspecified atom stereocenters. The van der Waals surface area contributed by atoms with Crippen molar-refractivity contribution in [1.29, 1.82) is 0 Å². The molecule has 0 aliphatic heterocycles. The third kappa shape index (κ3) is 3.25. The molecule has 4 aromatic rings. The van der Waals surface area contributed by atoms with Crippen LogP contribution in [0.2, 0.25) is 0 Å². The number of rotatable bonds is 5. The maximum Gasteiger partial charge on any atom is 0.275 e. The molecule has 1 aliphatic rings. The molecule has 2 aromatic heterocycles. The van der Waals surface area contributed by atoms with Gasteiger partial charge in [-0.3, -0.25) is 4.79 Å². The molecule has 5 nitrogen and oxygen atoms in total. The highest BCUT2D eigenvalue weighted by atomic mass is 16.1. The summed E-state index contributed by atoms with van der Waals surface area (Å²) in [4.78, 5) is 20.9. The van der Waals surface area contributed by atoms with Gasteiger partial charge in [0, 0.05) is 29.2 Å². The molecule has 3 N–H and O–H groups in total. The van der Waals surface area contributed by atoms with E-state index >= 15 is 0 Å². The zero-order chi connectivity index (χ0) is 19.8. The molecular formula is C24H26N4O. The van der Waals surface area contributed by atoms with Crippen LogP contribution in [0.15, 0.2) is 47.4 Å². The molecule has 0 bridgehead atoms. The summed E-state index contributed by atoms with van der Waals surface area (Å²) in [7, 11) is 0. The number of para-hydroxylation sites is 1. The monoisotopic (exact) mass is 386 g/mol. The average Bonchev–Trinajstić information content (AvgIpc) is 3.11. The highest BCUT2D eigenvalue weighted by molar-refractivity contribution is 5.95. The summed E-state index contributed by atoms with van der Waals surface area (Å²) in [5.41, 5.74) is 12.5. The summed E-state index contributed by atoms with van der Waals surface area (Å²) in [5.74, 6) is 0. The van der Waals surface area contributed by atoms with Crippen LogP contribution in [0.1, 0.15) is 36.8 Å². The lowest BCUT2D eigenvalue weighted by Gasteiger charge is -2.16. The van der Waals surface area contributed by atoms with Gasteiger partial charge in [0.15, 0.2) is 0 Å². The molecule has 29 heavy (non-hydrogen) atoms. The molecule has 0 amide bonds. The zero-order valence-electron chi connectivity index (χ0n) is 16.6. The first-order chi connectivity index (χ1) is 14.2. The molecule has 0 atom stereocenters. The van der Waals surface area contributed by atoms with Gasteiger partial charge >= 0.3 is 0 Å². The first-order valence-corrected chi connectivity index (χ1v) is 10.6. The molecule has 2 aromatic carbocycles. The predicted octanol–water partition coefficient (Wildman–Crippen LogP) is 4.16. The number of benzene rings is 2. The minimum atomic E-state index is -0.127. The Balaban J connectivity index is 1.66. The van der Waals surface area contributed by atoms with Crippen molar-refractivity contribution in [2.24, 2.45) is 5.73 Å². The minimum Gasteiger partial charge on any atom is -0.347 e. The number of nitrogens with one attached hydrogen (secondary N) is 1. The van der Waals surface area contributed by atoms with Gasteiger partial charge in [-0.1, -0.05) is 18.2 Å². The highest BCUT2D eigenvalue weighted by Gasteiger charge is 2.17. The number of aryl methyl sites for hydroxylation is 3. The second-order valence-corrected chi connectivity index (χ2v) is 8.01. The summed E-state index contributed by atoms with van der Waals surface area (Å²) in [5, 5.41) is 1.07. The van der Waals surface area contributed by atoms with Gasteiger partial charge in [-0.05, 0) is 74.4 Å². The van der Waals surface area contributed by atoms with Crippen LogP contribution >= 0.6 is 0 Å². The molecule has 0 saturated heterocycles. The second-order valence-electron chi connectivity index (χ2n) is 8.01. The normalized spacial score (nSPS) is 13.8. The molecule has 1 aliphatic carbocycles. The van der Waals surface area contributed by atoms with E-state index < -0.39 is 0 Å². The topological polar surface area (TPSA) is 76.7 Å². The van der Waals surface area contributed by atoms with Crippen molar-refractivity contribution >= 4 is 21.9 Å². The maximum atomic E-state index is 13.0. The largest absolute Gasteiger partial charge is 0.347 e. The lowest BCUT2D eigenvalue weighted by atomic mass is 9.91. The number of nitrogens with two attached hydrogens (primary N) is 1. The van der Waals surface area contributed by atoms with Crippen molar-refractivity contribution in [2.75, 3.05) is 6.54 Å². The van der Waals surface area contributed by atoms with E-state index in [4.69, 9.17) is 10.7 Å². The summed E-state index contributed by atoms with van der Waals surface area (Å²) in [6.07, 6.45) is 8.71. The van der Waals surface area contributed by atoms with Crippen molar-refractivity contribution in [3.05, 3.63) is 64.1 Å². The third-order valence-electron chi connectivity index (χ3n) is 6.05. The van der Waals surface area contributed by atoms with E-state index in [1.165, 1.54) is 24.0 Å². The molecule has 148 valence electrons. The van der Waals surface area contributed by atoms with Gasteiger partial charge in [0.05, 0.1) is 11.0 Å². The van der Waals surface area contributed by atoms with Gasteiger partial charge in [0.2, 0.25) is 0 Å². The predicted molar refractivity (Wildman–Crippen MR) is 118 cm³/mol. The van der Waals surface area contributed by atoms with Gasteiger partial charge in [-0.2, -0.15) is 0 Å². The Hall–Kier alpha value is -2.92. The maximum absolute atomic E-state index is 13.0. The van der Waals surface area contributed by atoms with Crippen molar-refractivity contribution in [3.63, 3.8) is 0 Å². The fourth-order valence-corrected chi connectivity index (χ4v) is 4.55. The molecule has 0 saturated carbocycles. The van der Waals surface area contributed by atoms with Crippen LogP contribution in [-0.2, 0) is 19.4 Å². The van der Waals surface area contributed by atoms with E-state index in [2.05, 4.69) is 40.0 Å². The van der Waals surface area contributed by atoms with Crippen LogP contribution in [0.5, 0.6) is 0 Å². The molecule has 0 spiro atoms. The Morgan fingerprint density at radius 3 is 2.69 bits per heavy atom. The van der Waals surface area contributed by atoms with E-state index in [1.807, 2.05) is 12.1 Å². The Kier molecular flexibility index (Phi) is 4.68. The van der Waals surface area contributed by atoms with E-state index in [0.29, 0.717) is 12.2 Å². The van der Waals surface area contributed by atoms with Crippen LogP contribution in [0.3, 0.4) is 0 Å². The van der Waals surface area contributed by atoms with E-state index in [-0.39, 0.29) is 5.56 Å². The van der Waals surface area contributed by atoms with Gasteiger partial charge in [0.25, 0.3) is 5.56 Å². The number of fused-ring (bicyclic) bond motifs is 3. The number of nitrogens with zero attached hydrogens (tertiary/aromatic N) is 2. The number of aromatic amines is 1. The third-order valence-corrected chi connectivity index (χ3v) is 6.05. The summed E-state index contributed by atoms with van der Waals surface area (Å²) < 4.78 is 2.22. The van der Waals surface area contributed by atoms with E-state index in [9.17, 15) is 4.79 Å². The summed E-state index contributed by atoms with van der Waals surface area (Å²) in [6.45, 7) is 1.58. The Bertz CT molecular complexity index is 1250. The SMILES string of the molecule is NCCCCn1cc(-c2nc3cc4c(cc3[nH]c2=O)CCCC4)c2ccccc21. The van der Waals surface area contributed by atoms with Crippen molar-refractivity contribution in [3.8, 4) is 11.3 Å². The lowest BCUT2D eigenvalue weighted by molar-refractivity contribution is 0.631. The number of aromatic nitrogens is 3. The Morgan fingerprint density at radius 2 is 1.86 bits per heavy atom. The Morgan fingerprint density at radius 1 is 1.07 bits per heavy atom.